The Morgan fingerprint density at radius 3 is 2.68 bits per heavy atom. The molecule has 1 amide bonds. The van der Waals surface area contributed by atoms with Crippen molar-refractivity contribution in [2.75, 3.05) is 14.1 Å². The van der Waals surface area contributed by atoms with Gasteiger partial charge in [-0.15, -0.1) is 0 Å². The highest BCUT2D eigenvalue weighted by atomic mass is 16.3. The summed E-state index contributed by atoms with van der Waals surface area (Å²) < 4.78 is 0. The van der Waals surface area contributed by atoms with Crippen molar-refractivity contribution in [3.63, 3.8) is 0 Å². The molecule has 1 saturated carbocycles. The van der Waals surface area contributed by atoms with Gasteiger partial charge >= 0.3 is 0 Å². The Balaban J connectivity index is 1.82. The molecule has 2 aliphatic rings. The van der Waals surface area contributed by atoms with Crippen LogP contribution >= 0.6 is 0 Å². The van der Waals surface area contributed by atoms with E-state index in [1.807, 2.05) is 14.1 Å². The number of fused-ring (bicyclic) bond motifs is 1. The lowest BCUT2D eigenvalue weighted by Crippen LogP contribution is -2.21. The van der Waals surface area contributed by atoms with Gasteiger partial charge in [0.05, 0.1) is 6.10 Å². The first-order valence-electron chi connectivity index (χ1n) is 11.4. The Bertz CT molecular complexity index is 587. The molecule has 3 heteroatoms. The molecule has 2 rings (SSSR count). The molecule has 0 radical (unpaired) electrons. The molecular weight excluding hydrogens is 346 g/mol. The van der Waals surface area contributed by atoms with Crippen LogP contribution in [0.3, 0.4) is 0 Å². The van der Waals surface area contributed by atoms with E-state index in [9.17, 15) is 9.90 Å². The quantitative estimate of drug-likeness (QED) is 0.282. The van der Waals surface area contributed by atoms with Crippen molar-refractivity contribution in [3.8, 4) is 0 Å². The Kier molecular flexibility index (Phi) is 9.50. The van der Waals surface area contributed by atoms with Crippen LogP contribution in [0.2, 0.25) is 0 Å². The van der Waals surface area contributed by atoms with Gasteiger partial charge in [-0.3, -0.25) is 4.79 Å². The van der Waals surface area contributed by atoms with E-state index in [-0.39, 0.29) is 17.9 Å². The molecule has 3 nitrogen and oxygen atoms in total. The summed E-state index contributed by atoms with van der Waals surface area (Å²) >= 11 is 0. The number of carbonyl (C=O) groups is 1. The number of carbonyl (C=O) groups excluding carboxylic acids is 1. The van der Waals surface area contributed by atoms with Crippen molar-refractivity contribution >= 4 is 5.91 Å². The Labute approximate surface area is 172 Å². The number of hydrogen-bond acceptors (Lipinski definition) is 2. The third-order valence-corrected chi connectivity index (χ3v) is 6.56. The van der Waals surface area contributed by atoms with Crippen LogP contribution in [0.4, 0.5) is 0 Å². The summed E-state index contributed by atoms with van der Waals surface area (Å²) in [6, 6.07) is 0. The lowest BCUT2D eigenvalue weighted by atomic mass is 9.88. The number of nitrogens with zero attached hydrogens (tertiary/aromatic N) is 1. The molecule has 28 heavy (non-hydrogen) atoms. The lowest BCUT2D eigenvalue weighted by Gasteiger charge is -2.18. The molecule has 0 spiro atoms. The first-order chi connectivity index (χ1) is 13.5. The Hall–Kier alpha value is -1.35. The van der Waals surface area contributed by atoms with Crippen molar-refractivity contribution in [2.45, 2.75) is 84.2 Å². The normalized spacial score (nSPS) is 27.3. The van der Waals surface area contributed by atoms with E-state index >= 15 is 0 Å². The zero-order valence-corrected chi connectivity index (χ0v) is 18.5. The fourth-order valence-corrected chi connectivity index (χ4v) is 4.74. The molecule has 2 aliphatic carbocycles. The molecule has 158 valence electrons. The van der Waals surface area contributed by atoms with E-state index < -0.39 is 0 Å². The van der Waals surface area contributed by atoms with Crippen LogP contribution in [0.15, 0.2) is 35.5 Å². The molecule has 0 heterocycles. The fraction of sp³-hybridized carbons (Fsp3) is 0.720. The second kappa shape index (κ2) is 11.6. The van der Waals surface area contributed by atoms with Gasteiger partial charge in [0.2, 0.25) is 5.91 Å². The molecular formula is C25H41NO2. The van der Waals surface area contributed by atoms with Gasteiger partial charge in [0.1, 0.15) is 0 Å². The van der Waals surface area contributed by atoms with Crippen molar-refractivity contribution in [2.24, 2.45) is 17.8 Å². The third kappa shape index (κ3) is 6.62. The van der Waals surface area contributed by atoms with Gasteiger partial charge in [-0.25, -0.2) is 0 Å². The van der Waals surface area contributed by atoms with Gasteiger partial charge in [0.15, 0.2) is 0 Å². The predicted molar refractivity (Wildman–Crippen MR) is 118 cm³/mol. The monoisotopic (exact) mass is 387 g/mol. The minimum absolute atomic E-state index is 0.198. The SMILES string of the molecule is CCCC/C(=C/C=C/[C@@H]1[C@H]2CC(CCCCC(=O)N(C)C)=C[C@H]2C[C@H]1O)CC. The van der Waals surface area contributed by atoms with Crippen LogP contribution in [-0.4, -0.2) is 36.1 Å². The summed E-state index contributed by atoms with van der Waals surface area (Å²) in [6.07, 6.45) is 19.7. The van der Waals surface area contributed by atoms with Crippen LogP contribution < -0.4 is 0 Å². The van der Waals surface area contributed by atoms with Crippen LogP contribution in [0.25, 0.3) is 0 Å². The molecule has 0 saturated heterocycles. The van der Waals surface area contributed by atoms with Crippen LogP contribution in [0.5, 0.6) is 0 Å². The highest BCUT2D eigenvalue weighted by molar-refractivity contribution is 5.75. The molecule has 4 atom stereocenters. The van der Waals surface area contributed by atoms with E-state index in [4.69, 9.17) is 0 Å². The van der Waals surface area contributed by atoms with Crippen LogP contribution in [0.1, 0.15) is 78.1 Å². The molecule has 0 aromatic carbocycles. The molecule has 0 bridgehead atoms. The number of allylic oxidation sites excluding steroid dienone is 5. The number of amides is 1. The maximum atomic E-state index is 11.7. The van der Waals surface area contributed by atoms with Crippen LogP contribution in [0, 0.1) is 17.8 Å². The highest BCUT2D eigenvalue weighted by Crippen LogP contribution is 2.48. The molecule has 1 fully saturated rings. The summed E-state index contributed by atoms with van der Waals surface area (Å²) in [5, 5.41) is 10.5. The zero-order chi connectivity index (χ0) is 20.5. The molecule has 0 unspecified atom stereocenters. The van der Waals surface area contributed by atoms with Gasteiger partial charge in [-0.1, -0.05) is 55.7 Å². The Morgan fingerprint density at radius 2 is 2.00 bits per heavy atom. The second-order valence-electron chi connectivity index (χ2n) is 8.90. The van der Waals surface area contributed by atoms with E-state index in [2.05, 4.69) is 38.2 Å². The van der Waals surface area contributed by atoms with Crippen LogP contribution in [-0.2, 0) is 4.79 Å². The molecule has 0 aromatic rings. The highest BCUT2D eigenvalue weighted by Gasteiger charge is 2.43. The van der Waals surface area contributed by atoms with E-state index in [0.717, 1.165) is 38.5 Å². The largest absolute Gasteiger partial charge is 0.392 e. The van der Waals surface area contributed by atoms with Crippen molar-refractivity contribution in [1.82, 2.24) is 4.90 Å². The lowest BCUT2D eigenvalue weighted by molar-refractivity contribution is -0.128. The number of unbranched alkanes of at least 4 members (excludes halogenated alkanes) is 2. The summed E-state index contributed by atoms with van der Waals surface area (Å²) in [4.78, 5) is 13.4. The van der Waals surface area contributed by atoms with E-state index in [0.29, 0.717) is 18.3 Å². The smallest absolute Gasteiger partial charge is 0.222 e. The fourth-order valence-electron chi connectivity index (χ4n) is 4.74. The number of hydrogen-bond donors (Lipinski definition) is 1. The van der Waals surface area contributed by atoms with E-state index in [1.165, 1.54) is 24.8 Å². The van der Waals surface area contributed by atoms with Crippen molar-refractivity contribution in [3.05, 3.63) is 35.5 Å². The van der Waals surface area contributed by atoms with Crippen molar-refractivity contribution in [1.29, 1.82) is 0 Å². The summed E-state index contributed by atoms with van der Waals surface area (Å²) in [5.74, 6) is 1.62. The minimum Gasteiger partial charge on any atom is -0.392 e. The molecule has 0 aromatic heterocycles. The van der Waals surface area contributed by atoms with Crippen molar-refractivity contribution < 1.29 is 9.90 Å². The topological polar surface area (TPSA) is 40.5 Å². The number of rotatable bonds is 11. The van der Waals surface area contributed by atoms with Gasteiger partial charge in [0, 0.05) is 26.4 Å². The van der Waals surface area contributed by atoms with Gasteiger partial charge < -0.3 is 10.0 Å². The van der Waals surface area contributed by atoms with Gasteiger partial charge in [0.25, 0.3) is 0 Å². The molecule has 0 aliphatic heterocycles. The average molecular weight is 388 g/mol. The predicted octanol–water partition coefficient (Wildman–Crippen LogP) is 5.66. The molecule has 1 N–H and O–H groups in total. The minimum atomic E-state index is -0.198. The Morgan fingerprint density at radius 1 is 1.21 bits per heavy atom. The summed E-state index contributed by atoms with van der Waals surface area (Å²) in [5.41, 5.74) is 3.06. The second-order valence-corrected chi connectivity index (χ2v) is 8.90. The maximum absolute atomic E-state index is 11.7. The zero-order valence-electron chi connectivity index (χ0n) is 18.5. The van der Waals surface area contributed by atoms with Gasteiger partial charge in [-0.05, 0) is 63.2 Å². The number of aliphatic hydroxyl groups is 1. The summed E-state index contributed by atoms with van der Waals surface area (Å²) in [6.45, 7) is 4.47. The summed E-state index contributed by atoms with van der Waals surface area (Å²) in [7, 11) is 3.65. The third-order valence-electron chi connectivity index (χ3n) is 6.56. The van der Waals surface area contributed by atoms with E-state index in [1.54, 1.807) is 10.5 Å². The number of aliphatic hydroxyl groups excluding tert-OH is 1. The first kappa shape index (κ1) is 22.9. The first-order valence-corrected chi connectivity index (χ1v) is 11.4. The van der Waals surface area contributed by atoms with Gasteiger partial charge in [-0.2, -0.15) is 0 Å². The maximum Gasteiger partial charge on any atom is 0.222 e. The average Bonchev–Trinajstić information content (AvgIpc) is 3.18. The standard InChI is InChI=1S/C25H41NO2/c1-5-7-11-19(6-2)13-10-14-22-23-17-20(16-21(23)18-24(22)27)12-8-9-15-25(28)26(3)4/h10,13-14,16,21-24,27H,5-9,11-12,15,17-18H2,1-4H3/b14-10+,19-13+/t21-,22+,23-,24+/m0/s1.